The third kappa shape index (κ3) is 2.54. The zero-order valence-electron chi connectivity index (χ0n) is 13.7. The minimum Gasteiger partial charge on any atom is -0.375 e. The Labute approximate surface area is 137 Å². The second kappa shape index (κ2) is 5.61. The lowest BCUT2D eigenvalue weighted by Crippen LogP contribution is -2.17. The van der Waals surface area contributed by atoms with Gasteiger partial charge in [0.05, 0.1) is 11.4 Å². The number of benzene rings is 1. The summed E-state index contributed by atoms with van der Waals surface area (Å²) < 4.78 is 2.10. The van der Waals surface area contributed by atoms with E-state index in [0.717, 1.165) is 17.0 Å². The van der Waals surface area contributed by atoms with Crippen molar-refractivity contribution in [3.63, 3.8) is 0 Å². The van der Waals surface area contributed by atoms with Crippen LogP contribution in [0.15, 0.2) is 48.8 Å². The van der Waals surface area contributed by atoms with Crippen molar-refractivity contribution in [2.75, 3.05) is 37.0 Å². The standard InChI is InChI=1S/C19H22N4/c1-21(2)18-6-5-13-23-14-17(20-19(18)23)15-7-9-16(10-8-15)22-11-3-4-12-22/h5-10,13-14H,3-4,11-12H2,1-2H3. The van der Waals surface area contributed by atoms with E-state index in [9.17, 15) is 0 Å². The van der Waals surface area contributed by atoms with E-state index < -0.39 is 0 Å². The molecule has 0 spiro atoms. The molecule has 4 heteroatoms. The monoisotopic (exact) mass is 306 g/mol. The Bertz CT molecular complexity index is 811. The lowest BCUT2D eigenvalue weighted by molar-refractivity contribution is 0.949. The van der Waals surface area contributed by atoms with Crippen molar-refractivity contribution in [3.8, 4) is 11.3 Å². The maximum absolute atomic E-state index is 4.84. The molecule has 0 amide bonds. The molecule has 0 unspecified atom stereocenters. The topological polar surface area (TPSA) is 23.8 Å². The first kappa shape index (κ1) is 14.1. The van der Waals surface area contributed by atoms with Gasteiger partial charge in [0.1, 0.15) is 0 Å². The average molecular weight is 306 g/mol. The third-order valence-electron chi connectivity index (χ3n) is 4.58. The molecular weight excluding hydrogens is 284 g/mol. The van der Waals surface area contributed by atoms with E-state index in [1.54, 1.807) is 0 Å². The second-order valence-corrected chi connectivity index (χ2v) is 6.39. The first-order valence-electron chi connectivity index (χ1n) is 8.23. The van der Waals surface area contributed by atoms with E-state index in [0.29, 0.717) is 0 Å². The van der Waals surface area contributed by atoms with Crippen LogP contribution in [0.4, 0.5) is 11.4 Å². The summed E-state index contributed by atoms with van der Waals surface area (Å²) in [6.45, 7) is 2.36. The summed E-state index contributed by atoms with van der Waals surface area (Å²) in [6, 6.07) is 13.0. The van der Waals surface area contributed by atoms with Crippen molar-refractivity contribution in [2.45, 2.75) is 12.8 Å². The van der Waals surface area contributed by atoms with Crippen molar-refractivity contribution in [1.82, 2.24) is 9.38 Å². The van der Waals surface area contributed by atoms with Crippen LogP contribution in [-0.2, 0) is 0 Å². The van der Waals surface area contributed by atoms with Crippen LogP contribution in [0.2, 0.25) is 0 Å². The van der Waals surface area contributed by atoms with Crippen LogP contribution in [0.1, 0.15) is 12.8 Å². The van der Waals surface area contributed by atoms with Gasteiger partial charge >= 0.3 is 0 Å². The maximum Gasteiger partial charge on any atom is 0.161 e. The number of hydrogen-bond donors (Lipinski definition) is 0. The summed E-state index contributed by atoms with van der Waals surface area (Å²) in [5, 5.41) is 0. The molecule has 1 aliphatic heterocycles. The van der Waals surface area contributed by atoms with Crippen molar-refractivity contribution in [3.05, 3.63) is 48.8 Å². The number of rotatable bonds is 3. The molecule has 0 N–H and O–H groups in total. The zero-order chi connectivity index (χ0) is 15.8. The Morgan fingerprint density at radius 3 is 2.43 bits per heavy atom. The minimum atomic E-state index is 0.996. The first-order valence-corrected chi connectivity index (χ1v) is 8.23. The van der Waals surface area contributed by atoms with Crippen LogP contribution in [0.3, 0.4) is 0 Å². The summed E-state index contributed by atoms with van der Waals surface area (Å²) in [7, 11) is 4.10. The number of nitrogens with zero attached hydrogens (tertiary/aromatic N) is 4. The summed E-state index contributed by atoms with van der Waals surface area (Å²) >= 11 is 0. The van der Waals surface area contributed by atoms with E-state index in [-0.39, 0.29) is 0 Å². The number of anilines is 2. The molecule has 0 radical (unpaired) electrons. The summed E-state index contributed by atoms with van der Waals surface area (Å²) in [4.78, 5) is 9.39. The quantitative estimate of drug-likeness (QED) is 0.738. The maximum atomic E-state index is 4.84. The van der Waals surface area contributed by atoms with E-state index >= 15 is 0 Å². The number of hydrogen-bond acceptors (Lipinski definition) is 3. The van der Waals surface area contributed by atoms with Crippen LogP contribution in [0, 0.1) is 0 Å². The van der Waals surface area contributed by atoms with Crippen molar-refractivity contribution in [2.24, 2.45) is 0 Å². The van der Waals surface area contributed by atoms with Gasteiger partial charge in [0.15, 0.2) is 5.65 Å². The highest BCUT2D eigenvalue weighted by molar-refractivity contribution is 5.73. The number of fused-ring (bicyclic) bond motifs is 1. The Morgan fingerprint density at radius 2 is 1.74 bits per heavy atom. The third-order valence-corrected chi connectivity index (χ3v) is 4.58. The fourth-order valence-electron chi connectivity index (χ4n) is 3.30. The molecule has 0 saturated carbocycles. The number of imidazole rings is 1. The van der Waals surface area contributed by atoms with Gasteiger partial charge in [-0.3, -0.25) is 0 Å². The van der Waals surface area contributed by atoms with E-state index in [1.807, 2.05) is 0 Å². The van der Waals surface area contributed by atoms with Gasteiger partial charge in [-0.2, -0.15) is 0 Å². The molecule has 0 bridgehead atoms. The molecule has 118 valence electrons. The second-order valence-electron chi connectivity index (χ2n) is 6.39. The predicted molar refractivity (Wildman–Crippen MR) is 96.4 cm³/mol. The molecule has 0 aliphatic carbocycles. The van der Waals surface area contributed by atoms with Crippen LogP contribution in [-0.4, -0.2) is 36.6 Å². The van der Waals surface area contributed by atoms with Gasteiger partial charge in [0, 0.05) is 50.8 Å². The predicted octanol–water partition coefficient (Wildman–Crippen LogP) is 3.67. The molecule has 1 saturated heterocycles. The van der Waals surface area contributed by atoms with Crippen molar-refractivity contribution in [1.29, 1.82) is 0 Å². The number of aromatic nitrogens is 2. The molecule has 0 atom stereocenters. The number of pyridine rings is 1. The first-order chi connectivity index (χ1) is 11.2. The lowest BCUT2D eigenvalue weighted by atomic mass is 10.1. The van der Waals surface area contributed by atoms with Gasteiger partial charge in [0.2, 0.25) is 0 Å². The SMILES string of the molecule is CN(C)c1cccn2cc(-c3ccc(N4CCCC4)cc3)nc12. The molecule has 1 aromatic carbocycles. The summed E-state index contributed by atoms with van der Waals surface area (Å²) in [6.07, 6.45) is 6.77. The molecule has 1 fully saturated rings. The Hall–Kier alpha value is -2.49. The molecule has 3 aromatic rings. The van der Waals surface area contributed by atoms with Crippen molar-refractivity contribution >= 4 is 17.0 Å². The average Bonchev–Trinajstić information content (AvgIpc) is 3.24. The largest absolute Gasteiger partial charge is 0.375 e. The molecular formula is C19H22N4. The Kier molecular flexibility index (Phi) is 3.45. The normalized spacial score (nSPS) is 14.6. The van der Waals surface area contributed by atoms with Gasteiger partial charge in [-0.1, -0.05) is 12.1 Å². The van der Waals surface area contributed by atoms with Gasteiger partial charge in [-0.15, -0.1) is 0 Å². The highest BCUT2D eigenvalue weighted by Gasteiger charge is 2.13. The van der Waals surface area contributed by atoms with Gasteiger partial charge in [-0.25, -0.2) is 4.98 Å². The Morgan fingerprint density at radius 1 is 1.00 bits per heavy atom. The fourth-order valence-corrected chi connectivity index (χ4v) is 3.30. The van der Waals surface area contributed by atoms with E-state index in [2.05, 4.69) is 77.1 Å². The van der Waals surface area contributed by atoms with Crippen molar-refractivity contribution < 1.29 is 0 Å². The highest BCUT2D eigenvalue weighted by Crippen LogP contribution is 2.27. The van der Waals surface area contributed by atoms with Crippen LogP contribution in [0.25, 0.3) is 16.9 Å². The molecule has 4 rings (SSSR count). The van der Waals surface area contributed by atoms with Crippen LogP contribution < -0.4 is 9.80 Å². The summed E-state index contributed by atoms with van der Waals surface area (Å²) in [5.74, 6) is 0. The fraction of sp³-hybridized carbons (Fsp3) is 0.316. The van der Waals surface area contributed by atoms with Crippen LogP contribution >= 0.6 is 0 Å². The van der Waals surface area contributed by atoms with Gasteiger partial charge in [0.25, 0.3) is 0 Å². The van der Waals surface area contributed by atoms with Gasteiger partial charge < -0.3 is 14.2 Å². The molecule has 1 aliphatic rings. The molecule has 3 heterocycles. The Balaban J connectivity index is 1.70. The van der Waals surface area contributed by atoms with E-state index in [4.69, 9.17) is 4.98 Å². The van der Waals surface area contributed by atoms with E-state index in [1.165, 1.54) is 37.2 Å². The summed E-state index contributed by atoms with van der Waals surface area (Å²) in [5.41, 5.74) is 5.64. The zero-order valence-corrected chi connectivity index (χ0v) is 13.7. The van der Waals surface area contributed by atoms with Crippen LogP contribution in [0.5, 0.6) is 0 Å². The molecule has 23 heavy (non-hydrogen) atoms. The smallest absolute Gasteiger partial charge is 0.161 e. The molecule has 4 nitrogen and oxygen atoms in total. The molecule has 2 aromatic heterocycles. The lowest BCUT2D eigenvalue weighted by Gasteiger charge is -2.17. The highest BCUT2D eigenvalue weighted by atomic mass is 15.1. The minimum absolute atomic E-state index is 0.996. The van der Waals surface area contributed by atoms with Gasteiger partial charge in [-0.05, 0) is 37.1 Å².